The third kappa shape index (κ3) is 3.06. The van der Waals surface area contributed by atoms with Crippen molar-refractivity contribution in [1.82, 2.24) is 0 Å². The second-order valence-electron chi connectivity index (χ2n) is 4.46. The van der Waals surface area contributed by atoms with Gasteiger partial charge in [0, 0.05) is 6.54 Å². The summed E-state index contributed by atoms with van der Waals surface area (Å²) in [7, 11) is 0. The Hall–Kier alpha value is -0.860. The van der Waals surface area contributed by atoms with Gasteiger partial charge in [-0.2, -0.15) is 0 Å². The van der Waals surface area contributed by atoms with Crippen molar-refractivity contribution in [2.24, 2.45) is 5.73 Å². The van der Waals surface area contributed by atoms with Gasteiger partial charge >= 0.3 is 0 Å². The van der Waals surface area contributed by atoms with Gasteiger partial charge in [-0.25, -0.2) is 0 Å². The van der Waals surface area contributed by atoms with E-state index in [0.29, 0.717) is 13.2 Å². The van der Waals surface area contributed by atoms with Crippen molar-refractivity contribution in [2.75, 3.05) is 19.8 Å². The third-order valence-corrected chi connectivity index (χ3v) is 3.21. The van der Waals surface area contributed by atoms with E-state index in [0.717, 1.165) is 13.0 Å². The van der Waals surface area contributed by atoms with Gasteiger partial charge in [0.15, 0.2) is 0 Å². The minimum Gasteiger partial charge on any atom is -0.380 e. The highest BCUT2D eigenvalue weighted by Crippen LogP contribution is 2.22. The zero-order valence-electron chi connectivity index (χ0n) is 9.87. The first-order valence-corrected chi connectivity index (χ1v) is 6.28. The first-order valence-electron chi connectivity index (χ1n) is 6.28. The van der Waals surface area contributed by atoms with Crippen LogP contribution in [0.5, 0.6) is 0 Å². The number of hydrogen-bond acceptors (Lipinski definition) is 2. The fourth-order valence-electron chi connectivity index (χ4n) is 2.32. The number of nitrogens with two attached hydrogens (primary N) is 1. The van der Waals surface area contributed by atoms with Crippen molar-refractivity contribution in [1.29, 1.82) is 0 Å². The highest BCUT2D eigenvalue weighted by Gasteiger charge is 2.08. The van der Waals surface area contributed by atoms with Crippen molar-refractivity contribution in [3.05, 3.63) is 34.9 Å². The first-order chi connectivity index (χ1) is 7.90. The van der Waals surface area contributed by atoms with E-state index in [9.17, 15) is 0 Å². The van der Waals surface area contributed by atoms with Crippen LogP contribution < -0.4 is 5.73 Å². The van der Waals surface area contributed by atoms with Crippen LogP contribution in [0.3, 0.4) is 0 Å². The molecule has 0 saturated heterocycles. The summed E-state index contributed by atoms with van der Waals surface area (Å²) in [4.78, 5) is 0. The molecule has 0 spiro atoms. The Balaban J connectivity index is 1.90. The maximum Gasteiger partial charge on any atom is 0.0588 e. The van der Waals surface area contributed by atoms with Crippen LogP contribution in [0, 0.1) is 0 Å². The number of rotatable bonds is 5. The van der Waals surface area contributed by atoms with Gasteiger partial charge in [-0.05, 0) is 48.8 Å². The molecule has 2 N–H and O–H groups in total. The van der Waals surface area contributed by atoms with Crippen LogP contribution in [0.25, 0.3) is 0 Å². The Bertz CT molecular complexity index is 336. The van der Waals surface area contributed by atoms with Crippen LogP contribution in [-0.4, -0.2) is 19.8 Å². The highest BCUT2D eigenvalue weighted by molar-refractivity contribution is 5.33. The Kier molecular flexibility index (Phi) is 4.37. The fraction of sp³-hybridized carbons (Fsp3) is 0.571. The topological polar surface area (TPSA) is 35.2 Å². The zero-order chi connectivity index (χ0) is 11.2. The molecule has 0 saturated carbocycles. The molecule has 2 heteroatoms. The van der Waals surface area contributed by atoms with E-state index in [1.807, 2.05) is 0 Å². The van der Waals surface area contributed by atoms with E-state index >= 15 is 0 Å². The molecular formula is C14H21NO. The summed E-state index contributed by atoms with van der Waals surface area (Å²) in [6.07, 6.45) is 6.23. The molecule has 0 heterocycles. The molecule has 2 nitrogen and oxygen atoms in total. The molecule has 16 heavy (non-hydrogen) atoms. The molecule has 0 bridgehead atoms. The predicted molar refractivity (Wildman–Crippen MR) is 66.7 cm³/mol. The second-order valence-corrected chi connectivity index (χ2v) is 4.46. The summed E-state index contributed by atoms with van der Waals surface area (Å²) < 4.78 is 5.41. The van der Waals surface area contributed by atoms with E-state index in [1.54, 1.807) is 11.1 Å². The van der Waals surface area contributed by atoms with Crippen molar-refractivity contribution in [3.63, 3.8) is 0 Å². The quantitative estimate of drug-likeness (QED) is 0.770. The summed E-state index contributed by atoms with van der Waals surface area (Å²) >= 11 is 0. The zero-order valence-corrected chi connectivity index (χ0v) is 9.87. The molecule has 0 amide bonds. The standard InChI is InChI=1S/C14H21NO/c15-8-10-16-9-7-12-5-6-13-3-1-2-4-14(13)11-12/h5-6,11H,1-4,7-10,15H2. The average molecular weight is 219 g/mol. The molecule has 0 aromatic heterocycles. The molecule has 1 aliphatic carbocycles. The fourth-order valence-corrected chi connectivity index (χ4v) is 2.32. The van der Waals surface area contributed by atoms with Crippen LogP contribution in [0.15, 0.2) is 18.2 Å². The Morgan fingerprint density at radius 3 is 2.69 bits per heavy atom. The molecule has 2 rings (SSSR count). The Labute approximate surface area is 97.8 Å². The minimum atomic E-state index is 0.615. The maximum absolute atomic E-state index is 5.41. The van der Waals surface area contributed by atoms with Crippen molar-refractivity contribution in [2.45, 2.75) is 32.1 Å². The monoisotopic (exact) mass is 219 g/mol. The van der Waals surface area contributed by atoms with Crippen LogP contribution in [0.1, 0.15) is 29.5 Å². The lowest BCUT2D eigenvalue weighted by molar-refractivity contribution is 0.144. The van der Waals surface area contributed by atoms with Gasteiger partial charge in [0.05, 0.1) is 13.2 Å². The molecule has 1 aromatic rings. The summed E-state index contributed by atoms with van der Waals surface area (Å²) in [6.45, 7) is 2.07. The van der Waals surface area contributed by atoms with Gasteiger partial charge in [0.25, 0.3) is 0 Å². The first kappa shape index (κ1) is 11.6. The number of benzene rings is 1. The lowest BCUT2D eigenvalue weighted by Gasteiger charge is -2.16. The SMILES string of the molecule is NCCOCCc1ccc2c(c1)CCCC2. The van der Waals surface area contributed by atoms with E-state index in [2.05, 4.69) is 18.2 Å². The summed E-state index contributed by atoms with van der Waals surface area (Å²) in [5.74, 6) is 0. The predicted octanol–water partition coefficient (Wildman–Crippen LogP) is 2.08. The number of hydrogen-bond donors (Lipinski definition) is 1. The largest absolute Gasteiger partial charge is 0.380 e. The summed E-state index contributed by atoms with van der Waals surface area (Å²) in [5, 5.41) is 0. The maximum atomic E-state index is 5.41. The van der Waals surface area contributed by atoms with Crippen molar-refractivity contribution < 1.29 is 4.74 Å². The normalized spacial score (nSPS) is 14.8. The van der Waals surface area contributed by atoms with Crippen LogP contribution in [-0.2, 0) is 24.0 Å². The van der Waals surface area contributed by atoms with Gasteiger partial charge in [0.2, 0.25) is 0 Å². The van der Waals surface area contributed by atoms with Gasteiger partial charge < -0.3 is 10.5 Å². The van der Waals surface area contributed by atoms with Gasteiger partial charge in [-0.15, -0.1) is 0 Å². The summed E-state index contributed by atoms with van der Waals surface area (Å²) in [6, 6.07) is 6.91. The van der Waals surface area contributed by atoms with Crippen LogP contribution in [0.2, 0.25) is 0 Å². The molecule has 0 unspecified atom stereocenters. The molecule has 0 atom stereocenters. The Morgan fingerprint density at radius 1 is 1.06 bits per heavy atom. The van der Waals surface area contributed by atoms with Gasteiger partial charge in [-0.3, -0.25) is 0 Å². The molecular weight excluding hydrogens is 198 g/mol. The molecule has 88 valence electrons. The molecule has 0 radical (unpaired) electrons. The lowest BCUT2D eigenvalue weighted by Crippen LogP contribution is -2.10. The van der Waals surface area contributed by atoms with E-state index in [4.69, 9.17) is 10.5 Å². The van der Waals surface area contributed by atoms with E-state index in [-0.39, 0.29) is 0 Å². The number of aryl methyl sites for hydroxylation is 2. The van der Waals surface area contributed by atoms with Crippen LogP contribution >= 0.6 is 0 Å². The molecule has 0 fully saturated rings. The van der Waals surface area contributed by atoms with Crippen LogP contribution in [0.4, 0.5) is 0 Å². The smallest absolute Gasteiger partial charge is 0.0588 e. The average Bonchev–Trinajstić information content (AvgIpc) is 2.34. The Morgan fingerprint density at radius 2 is 1.88 bits per heavy atom. The summed E-state index contributed by atoms with van der Waals surface area (Å²) in [5.41, 5.74) is 9.89. The van der Waals surface area contributed by atoms with Gasteiger partial charge in [-0.1, -0.05) is 18.2 Å². The second kappa shape index (κ2) is 6.02. The number of ether oxygens (including phenoxy) is 1. The highest BCUT2D eigenvalue weighted by atomic mass is 16.5. The third-order valence-electron chi connectivity index (χ3n) is 3.21. The molecule has 1 aromatic carbocycles. The van der Waals surface area contributed by atoms with E-state index in [1.165, 1.54) is 31.2 Å². The molecule has 0 aliphatic heterocycles. The van der Waals surface area contributed by atoms with Gasteiger partial charge in [0.1, 0.15) is 0 Å². The minimum absolute atomic E-state index is 0.615. The number of fused-ring (bicyclic) bond motifs is 1. The van der Waals surface area contributed by atoms with Crippen molar-refractivity contribution >= 4 is 0 Å². The lowest BCUT2D eigenvalue weighted by atomic mass is 9.90. The molecule has 1 aliphatic rings. The van der Waals surface area contributed by atoms with E-state index < -0.39 is 0 Å². The van der Waals surface area contributed by atoms with Crippen molar-refractivity contribution in [3.8, 4) is 0 Å².